The minimum absolute atomic E-state index is 0.153. The van der Waals surface area contributed by atoms with E-state index >= 15 is 0 Å². The van der Waals surface area contributed by atoms with Crippen molar-refractivity contribution in [2.24, 2.45) is 0 Å². The van der Waals surface area contributed by atoms with E-state index in [1.807, 2.05) is 30.3 Å². The Hall–Kier alpha value is -3.14. The van der Waals surface area contributed by atoms with E-state index in [4.69, 9.17) is 23.2 Å². The molecule has 0 aliphatic carbocycles. The molecule has 0 aliphatic rings. The highest BCUT2D eigenvalue weighted by atomic mass is 35.5. The van der Waals surface area contributed by atoms with Gasteiger partial charge in [-0.2, -0.15) is 0 Å². The van der Waals surface area contributed by atoms with Crippen molar-refractivity contribution in [1.82, 2.24) is 5.32 Å². The van der Waals surface area contributed by atoms with Crippen LogP contribution in [0.15, 0.2) is 77.7 Å². The Morgan fingerprint density at radius 3 is 2.30 bits per heavy atom. The van der Waals surface area contributed by atoms with Crippen LogP contribution < -0.4 is 9.62 Å². The standard InChI is InChI=1S/C22H19Cl2N3O5S/c23-17-6-8-18(9-7-17)26(15-22(28)25-13-12-16-4-2-1-3-5-16)33(31,32)21-14-19(27(29)30)10-11-20(21)24/h1-11,14H,12-13,15H2,(H,25,28). The number of benzene rings is 3. The zero-order chi connectivity index (χ0) is 24.0. The highest BCUT2D eigenvalue weighted by molar-refractivity contribution is 7.93. The van der Waals surface area contributed by atoms with Crippen LogP contribution >= 0.6 is 23.2 Å². The number of carbonyl (C=O) groups excluding carboxylic acids is 1. The first-order chi connectivity index (χ1) is 15.7. The molecule has 3 aromatic rings. The van der Waals surface area contributed by atoms with E-state index in [1.54, 1.807) is 0 Å². The molecule has 0 bridgehead atoms. The fraction of sp³-hybridized carbons (Fsp3) is 0.136. The summed E-state index contributed by atoms with van der Waals surface area (Å²) in [6.45, 7) is -0.257. The van der Waals surface area contributed by atoms with Gasteiger partial charge in [0.1, 0.15) is 11.4 Å². The van der Waals surface area contributed by atoms with Gasteiger partial charge >= 0.3 is 0 Å². The number of nitrogens with one attached hydrogen (secondary N) is 1. The highest BCUT2D eigenvalue weighted by Crippen LogP contribution is 2.31. The van der Waals surface area contributed by atoms with E-state index in [0.29, 0.717) is 18.0 Å². The Bertz CT molecular complexity index is 1250. The molecule has 1 amide bonds. The Balaban J connectivity index is 1.88. The number of carbonyl (C=O) groups is 1. The van der Waals surface area contributed by atoms with Gasteiger partial charge in [-0.3, -0.25) is 19.2 Å². The summed E-state index contributed by atoms with van der Waals surface area (Å²) in [5.41, 5.74) is 0.727. The van der Waals surface area contributed by atoms with Crippen molar-refractivity contribution >= 4 is 50.5 Å². The average Bonchev–Trinajstić information content (AvgIpc) is 2.79. The maximum Gasteiger partial charge on any atom is 0.270 e. The van der Waals surface area contributed by atoms with Gasteiger partial charge in [0.2, 0.25) is 5.91 Å². The van der Waals surface area contributed by atoms with Gasteiger partial charge in [-0.25, -0.2) is 8.42 Å². The number of hydrogen-bond acceptors (Lipinski definition) is 5. The zero-order valence-corrected chi connectivity index (χ0v) is 19.5. The van der Waals surface area contributed by atoms with E-state index in [9.17, 15) is 23.3 Å². The average molecular weight is 508 g/mol. The molecule has 0 unspecified atom stereocenters. The predicted molar refractivity (Wildman–Crippen MR) is 127 cm³/mol. The summed E-state index contributed by atoms with van der Waals surface area (Å²) in [6.07, 6.45) is 0.566. The quantitative estimate of drug-likeness (QED) is 0.339. The maximum absolute atomic E-state index is 13.5. The molecule has 0 aromatic heterocycles. The summed E-state index contributed by atoms with van der Waals surface area (Å²) >= 11 is 12.0. The molecule has 172 valence electrons. The van der Waals surface area contributed by atoms with E-state index in [2.05, 4.69) is 5.32 Å². The number of sulfonamides is 1. The SMILES string of the molecule is O=C(CN(c1ccc(Cl)cc1)S(=O)(=O)c1cc([N+](=O)[O-])ccc1Cl)NCCc1ccccc1. The Kier molecular flexibility index (Phi) is 7.91. The topological polar surface area (TPSA) is 110 Å². The number of nitro groups is 1. The molecular weight excluding hydrogens is 489 g/mol. The molecule has 0 saturated carbocycles. The maximum atomic E-state index is 13.5. The van der Waals surface area contributed by atoms with Gasteiger partial charge in [0.15, 0.2) is 0 Å². The largest absolute Gasteiger partial charge is 0.354 e. The first-order valence-electron chi connectivity index (χ1n) is 9.71. The number of nitrogens with zero attached hydrogens (tertiary/aromatic N) is 2. The molecule has 1 N–H and O–H groups in total. The molecule has 0 heterocycles. The molecule has 0 radical (unpaired) electrons. The number of halogens is 2. The zero-order valence-electron chi connectivity index (χ0n) is 17.1. The summed E-state index contributed by atoms with van der Waals surface area (Å²) < 4.78 is 27.7. The van der Waals surface area contributed by atoms with Crippen molar-refractivity contribution in [3.05, 3.63) is 98.5 Å². The van der Waals surface area contributed by atoms with E-state index in [-0.39, 0.29) is 10.7 Å². The Labute approximate surface area is 200 Å². The van der Waals surface area contributed by atoms with Crippen LogP contribution in [-0.2, 0) is 21.2 Å². The molecule has 8 nitrogen and oxygen atoms in total. The molecule has 11 heteroatoms. The van der Waals surface area contributed by atoms with Crippen LogP contribution in [0, 0.1) is 10.1 Å². The molecule has 0 aliphatic heterocycles. The molecule has 0 spiro atoms. The van der Waals surface area contributed by atoms with Crippen molar-refractivity contribution in [3.8, 4) is 0 Å². The monoisotopic (exact) mass is 507 g/mol. The third kappa shape index (κ3) is 6.22. The summed E-state index contributed by atoms with van der Waals surface area (Å²) in [6, 6.07) is 18.4. The van der Waals surface area contributed by atoms with E-state index in [0.717, 1.165) is 28.1 Å². The molecule has 0 fully saturated rings. The van der Waals surface area contributed by atoms with Crippen molar-refractivity contribution < 1.29 is 18.1 Å². The lowest BCUT2D eigenvalue weighted by molar-refractivity contribution is -0.385. The van der Waals surface area contributed by atoms with Gasteiger partial charge in [-0.15, -0.1) is 0 Å². The summed E-state index contributed by atoms with van der Waals surface area (Å²) in [7, 11) is -4.43. The minimum atomic E-state index is -4.43. The molecule has 0 saturated heterocycles. The second-order valence-electron chi connectivity index (χ2n) is 6.95. The molecule has 33 heavy (non-hydrogen) atoms. The molecular formula is C22H19Cl2N3O5S. The van der Waals surface area contributed by atoms with Crippen LogP contribution in [0.25, 0.3) is 0 Å². The second-order valence-corrected chi connectivity index (χ2v) is 9.62. The van der Waals surface area contributed by atoms with Crippen LogP contribution in [0.4, 0.5) is 11.4 Å². The lowest BCUT2D eigenvalue weighted by Gasteiger charge is -2.24. The van der Waals surface area contributed by atoms with Gasteiger partial charge in [0.25, 0.3) is 15.7 Å². The summed E-state index contributed by atoms with van der Waals surface area (Å²) in [5.74, 6) is -0.550. The number of rotatable bonds is 9. The third-order valence-electron chi connectivity index (χ3n) is 4.67. The van der Waals surface area contributed by atoms with Gasteiger partial charge in [-0.05, 0) is 42.3 Å². The minimum Gasteiger partial charge on any atom is -0.354 e. The summed E-state index contributed by atoms with van der Waals surface area (Å²) in [4.78, 5) is 22.6. The smallest absolute Gasteiger partial charge is 0.270 e. The van der Waals surface area contributed by atoms with Crippen molar-refractivity contribution in [2.45, 2.75) is 11.3 Å². The molecule has 0 atom stereocenters. The third-order valence-corrected chi connectivity index (χ3v) is 7.18. The van der Waals surface area contributed by atoms with Gasteiger partial charge in [0.05, 0.1) is 15.6 Å². The number of anilines is 1. The Morgan fingerprint density at radius 1 is 1.00 bits per heavy atom. The van der Waals surface area contributed by atoms with Crippen LogP contribution in [0.2, 0.25) is 10.0 Å². The highest BCUT2D eigenvalue weighted by Gasteiger charge is 2.30. The number of hydrogen-bond donors (Lipinski definition) is 1. The first kappa shape index (κ1) is 24.5. The normalized spacial score (nSPS) is 11.1. The van der Waals surface area contributed by atoms with Crippen LogP contribution in [-0.4, -0.2) is 32.3 Å². The van der Waals surface area contributed by atoms with Gasteiger partial charge in [0, 0.05) is 23.7 Å². The number of non-ortho nitro benzene ring substituents is 1. The lowest BCUT2D eigenvalue weighted by Crippen LogP contribution is -2.41. The molecule has 3 aromatic carbocycles. The predicted octanol–water partition coefficient (Wildman–Crippen LogP) is 4.46. The van der Waals surface area contributed by atoms with Crippen LogP contribution in [0.5, 0.6) is 0 Å². The Morgan fingerprint density at radius 2 is 1.67 bits per heavy atom. The summed E-state index contributed by atoms with van der Waals surface area (Å²) in [5, 5.41) is 14.0. The second kappa shape index (κ2) is 10.7. The van der Waals surface area contributed by atoms with Crippen molar-refractivity contribution in [3.63, 3.8) is 0 Å². The van der Waals surface area contributed by atoms with Crippen LogP contribution in [0.1, 0.15) is 5.56 Å². The number of amides is 1. The van der Waals surface area contributed by atoms with Crippen molar-refractivity contribution in [1.29, 1.82) is 0 Å². The number of nitro benzene ring substituents is 1. The van der Waals surface area contributed by atoms with Gasteiger partial charge in [-0.1, -0.05) is 53.5 Å². The molecule has 3 rings (SSSR count). The van der Waals surface area contributed by atoms with E-state index in [1.165, 1.54) is 24.3 Å². The fourth-order valence-corrected chi connectivity index (χ4v) is 5.07. The van der Waals surface area contributed by atoms with Crippen molar-refractivity contribution in [2.75, 3.05) is 17.4 Å². The van der Waals surface area contributed by atoms with E-state index < -0.39 is 38.0 Å². The van der Waals surface area contributed by atoms with Crippen LogP contribution in [0.3, 0.4) is 0 Å². The first-order valence-corrected chi connectivity index (χ1v) is 11.9. The fourth-order valence-electron chi connectivity index (χ4n) is 3.02. The lowest BCUT2D eigenvalue weighted by atomic mass is 10.1. The van der Waals surface area contributed by atoms with Gasteiger partial charge < -0.3 is 5.32 Å².